The molecular formula is C24H31NO2. The minimum atomic E-state index is -0.0882. The highest BCUT2D eigenvalue weighted by Gasteiger charge is 2.80. The van der Waals surface area contributed by atoms with E-state index in [1.165, 1.54) is 38.5 Å². The predicted octanol–water partition coefficient (Wildman–Crippen LogP) is 4.33. The quantitative estimate of drug-likeness (QED) is 0.704. The van der Waals surface area contributed by atoms with Crippen LogP contribution in [-0.2, 0) is 9.53 Å². The molecule has 3 nitrogen and oxygen atoms in total. The second-order valence-electron chi connectivity index (χ2n) is 10.8. The monoisotopic (exact) mass is 365 g/mol. The highest BCUT2D eigenvalue weighted by molar-refractivity contribution is 5.73. The summed E-state index contributed by atoms with van der Waals surface area (Å²) in [7, 11) is 0. The van der Waals surface area contributed by atoms with Gasteiger partial charge in [-0.05, 0) is 98.5 Å². The third kappa shape index (κ3) is 1.63. The van der Waals surface area contributed by atoms with Crippen LogP contribution in [0.2, 0.25) is 0 Å². The number of rotatable bonds is 1. The van der Waals surface area contributed by atoms with E-state index in [-0.39, 0.29) is 17.0 Å². The maximum atomic E-state index is 12.2. The molecule has 9 atom stereocenters. The molecule has 0 aromatic rings. The highest BCUT2D eigenvalue weighted by Crippen LogP contribution is 2.81. The zero-order valence-corrected chi connectivity index (χ0v) is 16.4. The van der Waals surface area contributed by atoms with E-state index < -0.39 is 0 Å². The molecule has 2 N–H and O–H groups in total. The maximum Gasteiger partial charge on any atom is 0.306 e. The first-order valence-electron chi connectivity index (χ1n) is 11.5. The number of allylic oxidation sites excluding steroid dienone is 4. The van der Waals surface area contributed by atoms with E-state index in [9.17, 15) is 4.79 Å². The van der Waals surface area contributed by atoms with E-state index in [2.05, 4.69) is 13.0 Å². The Bertz CT molecular complexity index is 826. The summed E-state index contributed by atoms with van der Waals surface area (Å²) in [5.74, 6) is 5.77. The summed E-state index contributed by atoms with van der Waals surface area (Å²) < 4.78 is 6.30. The van der Waals surface area contributed by atoms with Crippen molar-refractivity contribution in [2.24, 2.45) is 52.6 Å². The summed E-state index contributed by atoms with van der Waals surface area (Å²) in [6.07, 6.45) is 12.8. The van der Waals surface area contributed by atoms with Gasteiger partial charge in [0.15, 0.2) is 0 Å². The minimum absolute atomic E-state index is 0.0853. The molecule has 1 aliphatic heterocycles. The van der Waals surface area contributed by atoms with Gasteiger partial charge < -0.3 is 10.5 Å². The van der Waals surface area contributed by atoms with E-state index in [4.69, 9.17) is 10.5 Å². The molecule has 1 saturated heterocycles. The number of hydrogen-bond donors (Lipinski definition) is 1. The topological polar surface area (TPSA) is 52.3 Å². The van der Waals surface area contributed by atoms with Gasteiger partial charge >= 0.3 is 5.97 Å². The normalized spacial score (nSPS) is 56.6. The molecule has 0 aromatic heterocycles. The van der Waals surface area contributed by atoms with Crippen LogP contribution in [0, 0.1) is 46.8 Å². The lowest BCUT2D eigenvalue weighted by Crippen LogP contribution is -2.56. The van der Waals surface area contributed by atoms with Crippen molar-refractivity contribution in [1.82, 2.24) is 0 Å². The summed E-state index contributed by atoms with van der Waals surface area (Å²) in [4.78, 5) is 12.2. The molecule has 7 unspecified atom stereocenters. The Morgan fingerprint density at radius 1 is 1.15 bits per heavy atom. The van der Waals surface area contributed by atoms with Gasteiger partial charge in [-0.1, -0.05) is 12.5 Å². The average Bonchev–Trinajstić information content (AvgIpc) is 3.57. The molecule has 7 rings (SSSR count). The minimum Gasteiger partial charge on any atom is -0.458 e. The summed E-state index contributed by atoms with van der Waals surface area (Å²) in [5.41, 5.74) is 11.0. The molecule has 7 aliphatic rings. The molecule has 1 spiro atoms. The van der Waals surface area contributed by atoms with Gasteiger partial charge in [-0.3, -0.25) is 4.79 Å². The number of carbonyl (C=O) groups is 1. The molecule has 27 heavy (non-hydrogen) atoms. The van der Waals surface area contributed by atoms with Crippen molar-refractivity contribution < 1.29 is 9.53 Å². The van der Waals surface area contributed by atoms with Crippen molar-refractivity contribution in [3.8, 4) is 0 Å². The summed E-state index contributed by atoms with van der Waals surface area (Å²) in [6.45, 7) is 2.40. The third-order valence-corrected chi connectivity index (χ3v) is 10.4. The lowest BCUT2D eigenvalue weighted by molar-refractivity contribution is -0.176. The van der Waals surface area contributed by atoms with Gasteiger partial charge in [0.2, 0.25) is 0 Å². The summed E-state index contributed by atoms with van der Waals surface area (Å²) in [5, 5.41) is 0. The van der Waals surface area contributed by atoms with Crippen molar-refractivity contribution in [3.63, 3.8) is 0 Å². The van der Waals surface area contributed by atoms with Gasteiger partial charge in [-0.2, -0.15) is 0 Å². The smallest absolute Gasteiger partial charge is 0.306 e. The van der Waals surface area contributed by atoms with Gasteiger partial charge in [0.25, 0.3) is 0 Å². The van der Waals surface area contributed by atoms with Crippen molar-refractivity contribution in [2.45, 2.75) is 70.3 Å². The molecule has 6 aliphatic carbocycles. The number of carbonyl (C=O) groups excluding carboxylic acids is 1. The number of ether oxygens (including phenoxy) is 1. The molecule has 0 aromatic carbocycles. The number of fused-ring (bicyclic) bond motifs is 11. The lowest BCUT2D eigenvalue weighted by atomic mass is 9.49. The standard InChI is InChI=1S/C24H31NO2/c1-2-23-7-5-14-13-4-3-12(25)9-15(13)16-10-17(16)21(14)22(23)18-11-19(18)24(23)8-6-20(26)27-24/h9,14,16-19,21-22H,2-8,10-11,25H2,1H3/t14?,16?,17?,18?,19?,21?,22?,23-,24-/m0/s1. The summed E-state index contributed by atoms with van der Waals surface area (Å²) in [6, 6.07) is 0. The van der Waals surface area contributed by atoms with E-state index in [0.29, 0.717) is 12.3 Å². The molecule has 0 amide bonds. The zero-order valence-electron chi connectivity index (χ0n) is 16.4. The van der Waals surface area contributed by atoms with Crippen LogP contribution in [0.1, 0.15) is 64.7 Å². The lowest BCUT2D eigenvalue weighted by Gasteiger charge is -2.57. The van der Waals surface area contributed by atoms with Gasteiger partial charge in [-0.15, -0.1) is 0 Å². The first-order valence-corrected chi connectivity index (χ1v) is 11.5. The Labute approximate surface area is 161 Å². The van der Waals surface area contributed by atoms with Gasteiger partial charge in [0.05, 0.1) is 0 Å². The van der Waals surface area contributed by atoms with Crippen LogP contribution in [-0.4, -0.2) is 11.6 Å². The van der Waals surface area contributed by atoms with Crippen LogP contribution in [0.25, 0.3) is 0 Å². The fraction of sp³-hybridized carbons (Fsp3) is 0.792. The maximum absolute atomic E-state index is 12.2. The Hall–Kier alpha value is -1.25. The average molecular weight is 366 g/mol. The Morgan fingerprint density at radius 3 is 2.81 bits per heavy atom. The molecule has 0 bridgehead atoms. The second kappa shape index (κ2) is 4.66. The summed E-state index contributed by atoms with van der Waals surface area (Å²) >= 11 is 0. The van der Waals surface area contributed by atoms with Crippen LogP contribution in [0.5, 0.6) is 0 Å². The molecule has 4 saturated carbocycles. The van der Waals surface area contributed by atoms with Crippen LogP contribution in [0.3, 0.4) is 0 Å². The van der Waals surface area contributed by atoms with Crippen molar-refractivity contribution in [2.75, 3.05) is 0 Å². The fourth-order valence-corrected chi connectivity index (χ4v) is 9.51. The zero-order chi connectivity index (χ0) is 18.1. The SMILES string of the molecule is CC[C@]12CCC3C4=C(C=C(N)CC4)C4CC4C3C1C1CC1[C@@]21CCC(=O)O1. The molecule has 0 radical (unpaired) electrons. The van der Waals surface area contributed by atoms with Crippen LogP contribution < -0.4 is 5.73 Å². The van der Waals surface area contributed by atoms with Gasteiger partial charge in [0, 0.05) is 23.5 Å². The Balaban J connectivity index is 1.34. The number of nitrogens with two attached hydrogens (primary N) is 1. The van der Waals surface area contributed by atoms with Crippen molar-refractivity contribution in [1.29, 1.82) is 0 Å². The van der Waals surface area contributed by atoms with Crippen LogP contribution in [0.4, 0.5) is 0 Å². The van der Waals surface area contributed by atoms with E-state index in [1.807, 2.05) is 0 Å². The third-order valence-electron chi connectivity index (χ3n) is 10.4. The molecule has 1 heterocycles. The first kappa shape index (κ1) is 15.6. The first-order chi connectivity index (χ1) is 13.1. The van der Waals surface area contributed by atoms with Crippen LogP contribution >= 0.6 is 0 Å². The Morgan fingerprint density at radius 2 is 2.04 bits per heavy atom. The van der Waals surface area contributed by atoms with E-state index in [0.717, 1.165) is 54.0 Å². The largest absolute Gasteiger partial charge is 0.458 e. The van der Waals surface area contributed by atoms with Crippen LogP contribution in [0.15, 0.2) is 22.9 Å². The highest BCUT2D eigenvalue weighted by atomic mass is 16.6. The van der Waals surface area contributed by atoms with Crippen molar-refractivity contribution in [3.05, 3.63) is 22.9 Å². The number of esters is 1. The van der Waals surface area contributed by atoms with Gasteiger partial charge in [-0.25, -0.2) is 0 Å². The fourth-order valence-electron chi connectivity index (χ4n) is 9.51. The number of hydrogen-bond acceptors (Lipinski definition) is 3. The molecular weight excluding hydrogens is 334 g/mol. The molecule has 3 heteroatoms. The second-order valence-corrected chi connectivity index (χ2v) is 10.8. The van der Waals surface area contributed by atoms with Gasteiger partial charge in [0.1, 0.15) is 5.60 Å². The molecule has 144 valence electrons. The Kier molecular flexibility index (Phi) is 2.70. The van der Waals surface area contributed by atoms with E-state index >= 15 is 0 Å². The van der Waals surface area contributed by atoms with E-state index in [1.54, 1.807) is 11.1 Å². The predicted molar refractivity (Wildman–Crippen MR) is 102 cm³/mol. The molecule has 5 fully saturated rings. The van der Waals surface area contributed by atoms with Crippen molar-refractivity contribution >= 4 is 5.97 Å².